The Balaban J connectivity index is 1.67. The summed E-state index contributed by atoms with van der Waals surface area (Å²) in [6.45, 7) is 6.85. The molecule has 0 unspecified atom stereocenters. The summed E-state index contributed by atoms with van der Waals surface area (Å²) in [7, 11) is 0. The predicted octanol–water partition coefficient (Wildman–Crippen LogP) is 2.28. The highest BCUT2D eigenvalue weighted by atomic mass is 16.6. The summed E-state index contributed by atoms with van der Waals surface area (Å²) in [5, 5.41) is 2.94. The Hall–Kier alpha value is -2.50. The monoisotopic (exact) mass is 332 g/mol. The maximum absolute atomic E-state index is 12.0. The van der Waals surface area contributed by atoms with Gasteiger partial charge in [0, 0.05) is 19.1 Å². The molecule has 1 saturated heterocycles. The zero-order chi connectivity index (χ0) is 17.4. The highest BCUT2D eigenvalue weighted by Gasteiger charge is 2.24. The largest absolute Gasteiger partial charge is 0.484 e. The molecule has 1 aromatic rings. The van der Waals surface area contributed by atoms with Gasteiger partial charge >= 0.3 is 6.09 Å². The van der Waals surface area contributed by atoms with Gasteiger partial charge in [0.25, 0.3) is 5.91 Å². The normalized spacial score (nSPS) is 14.8. The fraction of sp³-hybridized carbons (Fsp3) is 0.444. The van der Waals surface area contributed by atoms with Gasteiger partial charge < -0.3 is 19.7 Å². The molecule has 1 aliphatic heterocycles. The summed E-state index contributed by atoms with van der Waals surface area (Å²) in [4.78, 5) is 25.3. The maximum Gasteiger partial charge on any atom is 0.410 e. The number of carbonyl (C=O) groups is 2. The van der Waals surface area contributed by atoms with E-state index in [4.69, 9.17) is 9.47 Å². The van der Waals surface area contributed by atoms with Gasteiger partial charge in [-0.25, -0.2) is 4.79 Å². The lowest BCUT2D eigenvalue weighted by Gasteiger charge is -2.31. The van der Waals surface area contributed by atoms with E-state index >= 15 is 0 Å². The van der Waals surface area contributed by atoms with Crippen molar-refractivity contribution in [3.05, 3.63) is 42.5 Å². The third kappa shape index (κ3) is 5.61. The van der Waals surface area contributed by atoms with Crippen LogP contribution in [0.25, 0.3) is 0 Å². The topological polar surface area (TPSA) is 67.9 Å². The smallest absolute Gasteiger partial charge is 0.410 e. The van der Waals surface area contributed by atoms with E-state index in [9.17, 15) is 9.59 Å². The minimum atomic E-state index is -0.331. The lowest BCUT2D eigenvalue weighted by molar-refractivity contribution is -0.124. The first-order valence-corrected chi connectivity index (χ1v) is 8.10. The van der Waals surface area contributed by atoms with Gasteiger partial charge in [-0.3, -0.25) is 4.79 Å². The lowest BCUT2D eigenvalue weighted by atomic mass is 10.1. The van der Waals surface area contributed by atoms with Crippen LogP contribution in [0.5, 0.6) is 5.75 Å². The number of ether oxygens (including phenoxy) is 2. The molecule has 1 N–H and O–H groups in total. The van der Waals surface area contributed by atoms with E-state index in [2.05, 4.69) is 11.9 Å². The van der Waals surface area contributed by atoms with E-state index < -0.39 is 0 Å². The molecule has 0 radical (unpaired) electrons. The minimum absolute atomic E-state index is 0.00927. The van der Waals surface area contributed by atoms with E-state index in [0.717, 1.165) is 5.56 Å². The third-order valence-electron chi connectivity index (χ3n) is 3.83. The molecule has 0 spiro atoms. The van der Waals surface area contributed by atoms with E-state index in [1.807, 2.05) is 31.2 Å². The average Bonchev–Trinajstić information content (AvgIpc) is 2.60. The molecule has 1 aliphatic rings. The molecule has 0 atom stereocenters. The number of aryl methyl sites for hydroxylation is 1. The van der Waals surface area contributed by atoms with Gasteiger partial charge in [-0.1, -0.05) is 30.4 Å². The summed E-state index contributed by atoms with van der Waals surface area (Å²) in [6, 6.07) is 7.62. The van der Waals surface area contributed by atoms with Crippen molar-refractivity contribution >= 4 is 12.0 Å². The maximum atomic E-state index is 12.0. The summed E-state index contributed by atoms with van der Waals surface area (Å²) in [5.74, 6) is 0.527. The van der Waals surface area contributed by atoms with Crippen LogP contribution >= 0.6 is 0 Å². The first-order chi connectivity index (χ1) is 11.6. The molecule has 1 aromatic carbocycles. The van der Waals surface area contributed by atoms with Crippen LogP contribution in [0.1, 0.15) is 18.4 Å². The molecule has 6 nitrogen and oxygen atoms in total. The second-order valence-corrected chi connectivity index (χ2v) is 5.80. The SMILES string of the molecule is C=CCOC(=O)N1CCC(NC(=O)COc2ccc(C)cc2)CC1. The number of piperidine rings is 1. The number of nitrogens with zero attached hydrogens (tertiary/aromatic N) is 1. The van der Waals surface area contributed by atoms with Gasteiger partial charge in [-0.15, -0.1) is 0 Å². The fourth-order valence-electron chi connectivity index (χ4n) is 2.48. The summed E-state index contributed by atoms with van der Waals surface area (Å²) in [5.41, 5.74) is 1.14. The Morgan fingerprint density at radius 1 is 1.29 bits per heavy atom. The standard InChI is InChI=1S/C18H24N2O4/c1-3-12-23-18(22)20-10-8-15(9-11-20)19-17(21)13-24-16-6-4-14(2)5-7-16/h3-7,15H,1,8-13H2,2H3,(H,19,21). The highest BCUT2D eigenvalue weighted by molar-refractivity contribution is 5.78. The predicted molar refractivity (Wildman–Crippen MR) is 91.0 cm³/mol. The summed E-state index contributed by atoms with van der Waals surface area (Å²) in [6.07, 6.45) is 2.63. The van der Waals surface area contributed by atoms with Crippen LogP contribution in [0.2, 0.25) is 0 Å². The number of carbonyl (C=O) groups excluding carboxylic acids is 2. The molecule has 0 bridgehead atoms. The van der Waals surface area contributed by atoms with E-state index in [1.165, 1.54) is 0 Å². The van der Waals surface area contributed by atoms with Gasteiger partial charge in [0.15, 0.2) is 6.61 Å². The second kappa shape index (κ2) is 8.96. The highest BCUT2D eigenvalue weighted by Crippen LogP contribution is 2.13. The van der Waals surface area contributed by atoms with Crippen molar-refractivity contribution < 1.29 is 19.1 Å². The van der Waals surface area contributed by atoms with Gasteiger partial charge in [-0.05, 0) is 31.9 Å². The molecule has 0 saturated carbocycles. The number of rotatable bonds is 6. The van der Waals surface area contributed by atoms with Crippen molar-refractivity contribution in [2.75, 3.05) is 26.3 Å². The van der Waals surface area contributed by atoms with Crippen molar-refractivity contribution in [1.29, 1.82) is 0 Å². The van der Waals surface area contributed by atoms with E-state index in [0.29, 0.717) is 31.7 Å². The first-order valence-electron chi connectivity index (χ1n) is 8.10. The van der Waals surface area contributed by atoms with Crippen LogP contribution in [0.3, 0.4) is 0 Å². The zero-order valence-corrected chi connectivity index (χ0v) is 14.0. The third-order valence-corrected chi connectivity index (χ3v) is 3.83. The molecule has 0 aromatic heterocycles. The van der Waals surface area contributed by atoms with Crippen LogP contribution < -0.4 is 10.1 Å². The van der Waals surface area contributed by atoms with Crippen molar-refractivity contribution in [3.8, 4) is 5.75 Å². The Morgan fingerprint density at radius 3 is 2.58 bits per heavy atom. The Labute approximate surface area is 142 Å². The first kappa shape index (κ1) is 17.8. The Kier molecular flexibility index (Phi) is 6.66. The van der Waals surface area contributed by atoms with Crippen molar-refractivity contribution in [3.63, 3.8) is 0 Å². The Morgan fingerprint density at radius 2 is 1.96 bits per heavy atom. The number of hydrogen-bond acceptors (Lipinski definition) is 4. The minimum Gasteiger partial charge on any atom is -0.484 e. The number of nitrogens with one attached hydrogen (secondary N) is 1. The van der Waals surface area contributed by atoms with Crippen molar-refractivity contribution in [2.45, 2.75) is 25.8 Å². The molecule has 1 heterocycles. The number of amides is 2. The van der Waals surface area contributed by atoms with Gasteiger partial charge in [-0.2, -0.15) is 0 Å². The van der Waals surface area contributed by atoms with Crippen LogP contribution in [0, 0.1) is 6.92 Å². The molecule has 2 rings (SSSR count). The fourth-order valence-corrected chi connectivity index (χ4v) is 2.48. The molecular weight excluding hydrogens is 308 g/mol. The van der Waals surface area contributed by atoms with Crippen LogP contribution in [0.4, 0.5) is 4.79 Å². The van der Waals surface area contributed by atoms with E-state index in [1.54, 1.807) is 11.0 Å². The molecule has 6 heteroatoms. The zero-order valence-electron chi connectivity index (χ0n) is 14.0. The number of benzene rings is 1. The van der Waals surface area contributed by atoms with Gasteiger partial charge in [0.05, 0.1) is 0 Å². The molecule has 130 valence electrons. The van der Waals surface area contributed by atoms with Crippen LogP contribution in [-0.4, -0.2) is 49.2 Å². The van der Waals surface area contributed by atoms with Crippen LogP contribution in [0.15, 0.2) is 36.9 Å². The number of likely N-dealkylation sites (tertiary alicyclic amines) is 1. The molecule has 1 fully saturated rings. The van der Waals surface area contributed by atoms with Crippen molar-refractivity contribution in [2.24, 2.45) is 0 Å². The van der Waals surface area contributed by atoms with E-state index in [-0.39, 0.29) is 31.3 Å². The lowest BCUT2D eigenvalue weighted by Crippen LogP contribution is -2.47. The molecule has 24 heavy (non-hydrogen) atoms. The average molecular weight is 332 g/mol. The van der Waals surface area contributed by atoms with Gasteiger partial charge in [0.2, 0.25) is 0 Å². The second-order valence-electron chi connectivity index (χ2n) is 5.80. The van der Waals surface area contributed by atoms with Crippen LogP contribution in [-0.2, 0) is 9.53 Å². The molecule has 0 aliphatic carbocycles. The number of hydrogen-bond donors (Lipinski definition) is 1. The molecule has 2 amide bonds. The van der Waals surface area contributed by atoms with Crippen molar-refractivity contribution in [1.82, 2.24) is 10.2 Å². The summed E-state index contributed by atoms with van der Waals surface area (Å²) >= 11 is 0. The quantitative estimate of drug-likeness (QED) is 0.812. The Bertz CT molecular complexity index is 563. The molecular formula is C18H24N2O4. The van der Waals surface area contributed by atoms with Gasteiger partial charge in [0.1, 0.15) is 12.4 Å². The summed E-state index contributed by atoms with van der Waals surface area (Å²) < 4.78 is 10.5.